The van der Waals surface area contributed by atoms with Crippen LogP contribution in [-0.4, -0.2) is 37.2 Å². The van der Waals surface area contributed by atoms with Gasteiger partial charge < -0.3 is 24.8 Å². The standard InChI is InChI=1S/C20H22N2O5/c1-3-19(23)21-14-5-7-17(16(10-14)20(24)25)22-8-9-27-18-11-15(26-2)6-4-13(18)12-22/h4-7,10-11H,3,8-9,12H2,1-2H3,(H,21,23)(H,24,25). The summed E-state index contributed by atoms with van der Waals surface area (Å²) in [6.07, 6.45) is 0.327. The van der Waals surface area contributed by atoms with Gasteiger partial charge in [-0.1, -0.05) is 6.92 Å². The van der Waals surface area contributed by atoms with Crippen molar-refractivity contribution in [3.63, 3.8) is 0 Å². The van der Waals surface area contributed by atoms with Crippen LogP contribution in [0.1, 0.15) is 29.3 Å². The summed E-state index contributed by atoms with van der Waals surface area (Å²) < 4.78 is 11.0. The molecule has 0 unspecified atom stereocenters. The average Bonchev–Trinajstić information content (AvgIpc) is 2.89. The molecule has 0 atom stereocenters. The summed E-state index contributed by atoms with van der Waals surface area (Å²) >= 11 is 0. The van der Waals surface area contributed by atoms with Crippen molar-refractivity contribution in [2.24, 2.45) is 0 Å². The number of ether oxygens (including phenoxy) is 2. The molecule has 1 heterocycles. The van der Waals surface area contributed by atoms with Crippen LogP contribution in [0.2, 0.25) is 0 Å². The van der Waals surface area contributed by atoms with E-state index in [0.29, 0.717) is 43.2 Å². The first-order chi connectivity index (χ1) is 13.0. The number of nitrogens with one attached hydrogen (secondary N) is 1. The molecule has 2 N–H and O–H groups in total. The van der Waals surface area contributed by atoms with Gasteiger partial charge in [0.15, 0.2) is 0 Å². The Morgan fingerprint density at radius 2 is 2.07 bits per heavy atom. The summed E-state index contributed by atoms with van der Waals surface area (Å²) in [7, 11) is 1.60. The molecule has 0 aromatic heterocycles. The van der Waals surface area contributed by atoms with Gasteiger partial charge in [-0.2, -0.15) is 0 Å². The van der Waals surface area contributed by atoms with Crippen LogP contribution in [0.25, 0.3) is 0 Å². The predicted octanol–water partition coefficient (Wildman–Crippen LogP) is 3.14. The smallest absolute Gasteiger partial charge is 0.337 e. The van der Waals surface area contributed by atoms with Crippen LogP contribution in [-0.2, 0) is 11.3 Å². The molecular weight excluding hydrogens is 348 g/mol. The van der Waals surface area contributed by atoms with Gasteiger partial charge in [0.1, 0.15) is 18.1 Å². The summed E-state index contributed by atoms with van der Waals surface area (Å²) in [6, 6.07) is 10.5. The zero-order chi connectivity index (χ0) is 19.4. The number of aromatic carboxylic acids is 1. The molecule has 0 spiro atoms. The van der Waals surface area contributed by atoms with Crippen molar-refractivity contribution in [2.75, 3.05) is 30.5 Å². The number of carboxylic acids is 1. The predicted molar refractivity (Wildman–Crippen MR) is 102 cm³/mol. The molecule has 0 radical (unpaired) electrons. The number of rotatable bonds is 5. The van der Waals surface area contributed by atoms with Crippen LogP contribution < -0.4 is 19.7 Å². The molecule has 2 aromatic carbocycles. The van der Waals surface area contributed by atoms with Gasteiger partial charge in [-0.25, -0.2) is 4.79 Å². The molecule has 7 heteroatoms. The summed E-state index contributed by atoms with van der Waals surface area (Å²) in [5, 5.41) is 12.4. The van der Waals surface area contributed by atoms with E-state index in [0.717, 1.165) is 11.3 Å². The molecule has 0 saturated heterocycles. The Bertz CT molecular complexity index is 865. The second-order valence-corrected chi connectivity index (χ2v) is 6.18. The third-order valence-corrected chi connectivity index (χ3v) is 4.43. The zero-order valence-electron chi connectivity index (χ0n) is 15.3. The van der Waals surface area contributed by atoms with Crippen LogP contribution >= 0.6 is 0 Å². The van der Waals surface area contributed by atoms with Crippen molar-refractivity contribution in [3.05, 3.63) is 47.5 Å². The normalized spacial score (nSPS) is 13.2. The average molecular weight is 370 g/mol. The van der Waals surface area contributed by atoms with Gasteiger partial charge >= 0.3 is 5.97 Å². The Kier molecular flexibility index (Phi) is 5.49. The molecule has 7 nitrogen and oxygen atoms in total. The lowest BCUT2D eigenvalue weighted by Crippen LogP contribution is -2.27. The fraction of sp³-hybridized carbons (Fsp3) is 0.300. The van der Waals surface area contributed by atoms with E-state index >= 15 is 0 Å². The van der Waals surface area contributed by atoms with E-state index in [1.807, 2.05) is 23.1 Å². The topological polar surface area (TPSA) is 88.1 Å². The van der Waals surface area contributed by atoms with Gasteiger partial charge in [0.05, 0.1) is 24.9 Å². The van der Waals surface area contributed by atoms with Crippen molar-refractivity contribution in [2.45, 2.75) is 19.9 Å². The van der Waals surface area contributed by atoms with Gasteiger partial charge in [0.2, 0.25) is 5.91 Å². The van der Waals surface area contributed by atoms with Crippen LogP contribution in [0.15, 0.2) is 36.4 Å². The number of carbonyl (C=O) groups is 2. The van der Waals surface area contributed by atoms with Crippen molar-refractivity contribution < 1.29 is 24.2 Å². The van der Waals surface area contributed by atoms with E-state index in [1.165, 1.54) is 6.07 Å². The maximum Gasteiger partial charge on any atom is 0.337 e. The number of fused-ring (bicyclic) bond motifs is 1. The van der Waals surface area contributed by atoms with E-state index in [4.69, 9.17) is 9.47 Å². The summed E-state index contributed by atoms with van der Waals surface area (Å²) in [6.45, 7) is 3.22. The molecular formula is C20H22N2O5. The number of nitrogens with zero attached hydrogens (tertiary/aromatic N) is 1. The molecule has 0 saturated carbocycles. The number of carboxylic acid groups (broad SMARTS) is 1. The Morgan fingerprint density at radius 1 is 1.26 bits per heavy atom. The number of hydrogen-bond donors (Lipinski definition) is 2. The minimum Gasteiger partial charge on any atom is -0.497 e. The lowest BCUT2D eigenvalue weighted by molar-refractivity contribution is -0.115. The second-order valence-electron chi connectivity index (χ2n) is 6.18. The second kappa shape index (κ2) is 7.99. The lowest BCUT2D eigenvalue weighted by atomic mass is 10.1. The van der Waals surface area contributed by atoms with E-state index in [-0.39, 0.29) is 11.5 Å². The highest BCUT2D eigenvalue weighted by Crippen LogP contribution is 2.32. The van der Waals surface area contributed by atoms with Crippen molar-refractivity contribution in [1.82, 2.24) is 0 Å². The maximum atomic E-state index is 11.8. The maximum absolute atomic E-state index is 11.8. The number of hydrogen-bond acceptors (Lipinski definition) is 5. The molecule has 1 aliphatic rings. The minimum atomic E-state index is -1.04. The van der Waals surface area contributed by atoms with Crippen molar-refractivity contribution in [3.8, 4) is 11.5 Å². The molecule has 1 amide bonds. The molecule has 2 aromatic rings. The van der Waals surface area contributed by atoms with Crippen molar-refractivity contribution >= 4 is 23.3 Å². The Hall–Kier alpha value is -3.22. The monoisotopic (exact) mass is 370 g/mol. The number of amides is 1. The zero-order valence-corrected chi connectivity index (χ0v) is 15.3. The highest BCUT2D eigenvalue weighted by atomic mass is 16.5. The van der Waals surface area contributed by atoms with Crippen molar-refractivity contribution in [1.29, 1.82) is 0 Å². The van der Waals surface area contributed by atoms with Crippen LogP contribution in [0.5, 0.6) is 11.5 Å². The molecule has 1 aliphatic heterocycles. The highest BCUT2D eigenvalue weighted by molar-refractivity contribution is 5.98. The van der Waals surface area contributed by atoms with Gasteiger partial charge in [0.25, 0.3) is 0 Å². The first-order valence-electron chi connectivity index (χ1n) is 8.73. The SMILES string of the molecule is CCC(=O)Nc1ccc(N2CCOc3cc(OC)ccc3C2)c(C(=O)O)c1. The van der Waals surface area contributed by atoms with Gasteiger partial charge in [0, 0.05) is 30.3 Å². The third-order valence-electron chi connectivity index (χ3n) is 4.43. The Balaban J connectivity index is 1.92. The Morgan fingerprint density at radius 3 is 2.78 bits per heavy atom. The fourth-order valence-corrected chi connectivity index (χ4v) is 2.99. The summed E-state index contributed by atoms with van der Waals surface area (Å²) in [5.41, 5.74) is 2.15. The van der Waals surface area contributed by atoms with Gasteiger partial charge in [-0.15, -0.1) is 0 Å². The molecule has 142 valence electrons. The van der Waals surface area contributed by atoms with Gasteiger partial charge in [-0.3, -0.25) is 4.79 Å². The summed E-state index contributed by atoms with van der Waals surface area (Å²) in [4.78, 5) is 25.4. The minimum absolute atomic E-state index is 0.140. The summed E-state index contributed by atoms with van der Waals surface area (Å²) in [5.74, 6) is 0.243. The van der Waals surface area contributed by atoms with E-state index in [1.54, 1.807) is 26.2 Å². The molecule has 0 bridgehead atoms. The van der Waals surface area contributed by atoms with Gasteiger partial charge in [-0.05, 0) is 30.3 Å². The van der Waals surface area contributed by atoms with E-state index in [9.17, 15) is 14.7 Å². The Labute approximate surface area is 157 Å². The number of carbonyl (C=O) groups excluding carboxylic acids is 1. The molecule has 0 aliphatic carbocycles. The number of anilines is 2. The quantitative estimate of drug-likeness (QED) is 0.841. The highest BCUT2D eigenvalue weighted by Gasteiger charge is 2.21. The van der Waals surface area contributed by atoms with E-state index < -0.39 is 5.97 Å². The number of benzene rings is 2. The largest absolute Gasteiger partial charge is 0.497 e. The molecule has 3 rings (SSSR count). The first kappa shape index (κ1) is 18.6. The number of methoxy groups -OCH3 is 1. The first-order valence-corrected chi connectivity index (χ1v) is 8.73. The lowest BCUT2D eigenvalue weighted by Gasteiger charge is -2.24. The third kappa shape index (κ3) is 4.13. The van der Waals surface area contributed by atoms with E-state index in [2.05, 4.69) is 5.32 Å². The fourth-order valence-electron chi connectivity index (χ4n) is 2.99. The van der Waals surface area contributed by atoms with Crippen LogP contribution in [0.3, 0.4) is 0 Å². The van der Waals surface area contributed by atoms with Crippen LogP contribution in [0.4, 0.5) is 11.4 Å². The molecule has 0 fully saturated rings. The van der Waals surface area contributed by atoms with Crippen LogP contribution in [0, 0.1) is 0 Å². The molecule has 27 heavy (non-hydrogen) atoms.